The molecule has 98 valence electrons. The van der Waals surface area contributed by atoms with Crippen LogP contribution in [-0.4, -0.2) is 43.5 Å². The van der Waals surface area contributed by atoms with Crippen LogP contribution in [0.25, 0.3) is 11.0 Å². The second kappa shape index (κ2) is 4.91. The van der Waals surface area contributed by atoms with E-state index in [1.54, 1.807) is 12.5 Å². The molecule has 0 atom stereocenters. The molecule has 0 aliphatic heterocycles. The van der Waals surface area contributed by atoms with Crippen molar-refractivity contribution in [3.63, 3.8) is 0 Å². The minimum absolute atomic E-state index is 0.162. The van der Waals surface area contributed by atoms with E-state index in [1.807, 2.05) is 24.6 Å². The highest BCUT2D eigenvalue weighted by Crippen LogP contribution is 2.23. The van der Waals surface area contributed by atoms with Crippen molar-refractivity contribution in [2.24, 2.45) is 7.05 Å². The molecule has 0 saturated heterocycles. The lowest BCUT2D eigenvalue weighted by molar-refractivity contribution is 0.132. The van der Waals surface area contributed by atoms with Crippen molar-refractivity contribution in [3.05, 3.63) is 18.6 Å². The fraction of sp³-hybridized carbons (Fsp3) is 0.500. The van der Waals surface area contributed by atoms with Crippen LogP contribution in [-0.2, 0) is 7.05 Å². The molecule has 0 saturated carbocycles. The van der Waals surface area contributed by atoms with Crippen LogP contribution in [0.2, 0.25) is 0 Å². The Bertz CT molecular complexity index is 526. The van der Waals surface area contributed by atoms with Crippen LogP contribution >= 0.6 is 0 Å². The molecule has 0 aliphatic carbocycles. The predicted octanol–water partition coefficient (Wildman–Crippen LogP) is 0.514. The minimum atomic E-state index is -0.765. The fourth-order valence-corrected chi connectivity index (χ4v) is 1.85. The number of aliphatic hydroxyl groups is 2. The smallest absolute Gasteiger partial charge is 0.154 e. The molecule has 0 fully saturated rings. The summed E-state index contributed by atoms with van der Waals surface area (Å²) in [6.45, 7) is 1.58. The Hall–Kier alpha value is -1.66. The van der Waals surface area contributed by atoms with E-state index >= 15 is 0 Å². The van der Waals surface area contributed by atoms with E-state index in [0.29, 0.717) is 12.2 Å². The number of imidazole rings is 1. The maximum absolute atomic E-state index is 9.44. The van der Waals surface area contributed by atoms with Gasteiger partial charge in [-0.2, -0.15) is 0 Å². The average Bonchev–Trinajstić information content (AvgIpc) is 2.79. The first-order valence-corrected chi connectivity index (χ1v) is 5.91. The number of nitrogens with zero attached hydrogens (tertiary/aromatic N) is 3. The lowest BCUT2D eigenvalue weighted by atomic mass is 9.98. The van der Waals surface area contributed by atoms with Crippen LogP contribution in [0.15, 0.2) is 18.6 Å². The quantitative estimate of drug-likeness (QED) is 0.720. The number of anilines is 1. The van der Waals surface area contributed by atoms with Gasteiger partial charge >= 0.3 is 0 Å². The SMILES string of the molecule is CCC(CO)(CO)Nc1nccc2c1ncn2C. The maximum Gasteiger partial charge on any atom is 0.154 e. The van der Waals surface area contributed by atoms with Crippen molar-refractivity contribution in [1.29, 1.82) is 0 Å². The van der Waals surface area contributed by atoms with Crippen LogP contribution in [0, 0.1) is 0 Å². The van der Waals surface area contributed by atoms with Crippen LogP contribution in [0.5, 0.6) is 0 Å². The second-order valence-corrected chi connectivity index (χ2v) is 4.46. The van der Waals surface area contributed by atoms with Gasteiger partial charge in [0, 0.05) is 13.2 Å². The summed E-state index contributed by atoms with van der Waals surface area (Å²) in [4.78, 5) is 8.52. The van der Waals surface area contributed by atoms with E-state index in [-0.39, 0.29) is 13.2 Å². The zero-order valence-electron chi connectivity index (χ0n) is 10.6. The van der Waals surface area contributed by atoms with Crippen molar-refractivity contribution in [2.75, 3.05) is 18.5 Å². The molecule has 0 aromatic carbocycles. The van der Waals surface area contributed by atoms with E-state index in [2.05, 4.69) is 15.3 Å². The Kier molecular flexibility index (Phi) is 3.49. The minimum Gasteiger partial charge on any atom is -0.394 e. The molecule has 2 heterocycles. The number of nitrogens with one attached hydrogen (secondary N) is 1. The Labute approximate surface area is 105 Å². The van der Waals surface area contributed by atoms with E-state index in [1.165, 1.54) is 0 Å². The van der Waals surface area contributed by atoms with Crippen molar-refractivity contribution < 1.29 is 10.2 Å². The van der Waals surface area contributed by atoms with Crippen LogP contribution in [0.4, 0.5) is 5.82 Å². The third-order valence-corrected chi connectivity index (χ3v) is 3.31. The van der Waals surface area contributed by atoms with Gasteiger partial charge < -0.3 is 20.1 Å². The Morgan fingerprint density at radius 1 is 1.33 bits per heavy atom. The highest BCUT2D eigenvalue weighted by atomic mass is 16.3. The van der Waals surface area contributed by atoms with Crippen LogP contribution in [0.1, 0.15) is 13.3 Å². The van der Waals surface area contributed by atoms with E-state index in [9.17, 15) is 10.2 Å². The summed E-state index contributed by atoms with van der Waals surface area (Å²) < 4.78 is 1.90. The first-order chi connectivity index (χ1) is 8.65. The molecule has 0 amide bonds. The molecular weight excluding hydrogens is 232 g/mol. The zero-order chi connectivity index (χ0) is 13.2. The first-order valence-electron chi connectivity index (χ1n) is 5.91. The molecule has 6 heteroatoms. The van der Waals surface area contributed by atoms with Crippen molar-refractivity contribution in [1.82, 2.24) is 14.5 Å². The molecule has 3 N–H and O–H groups in total. The first kappa shape index (κ1) is 12.8. The largest absolute Gasteiger partial charge is 0.394 e. The number of aromatic nitrogens is 3. The molecule has 0 aliphatic rings. The second-order valence-electron chi connectivity index (χ2n) is 4.46. The molecule has 18 heavy (non-hydrogen) atoms. The molecule has 2 rings (SSSR count). The number of pyridine rings is 1. The molecule has 2 aromatic heterocycles. The zero-order valence-corrected chi connectivity index (χ0v) is 10.6. The predicted molar refractivity (Wildman–Crippen MR) is 69.3 cm³/mol. The van der Waals surface area contributed by atoms with E-state index in [0.717, 1.165) is 11.0 Å². The summed E-state index contributed by atoms with van der Waals surface area (Å²) in [5.41, 5.74) is 0.923. The summed E-state index contributed by atoms with van der Waals surface area (Å²) >= 11 is 0. The standard InChI is InChI=1S/C12H18N4O2/c1-3-12(6-17,7-18)15-11-10-9(4-5-13-11)16(2)8-14-10/h4-5,8,17-18H,3,6-7H2,1-2H3,(H,13,15). The van der Waals surface area contributed by atoms with Gasteiger partial charge in [0.25, 0.3) is 0 Å². The van der Waals surface area contributed by atoms with Gasteiger partial charge in [-0.05, 0) is 12.5 Å². The molecule has 0 radical (unpaired) electrons. The van der Waals surface area contributed by atoms with Gasteiger partial charge in [-0.25, -0.2) is 9.97 Å². The van der Waals surface area contributed by atoms with Gasteiger partial charge in [-0.1, -0.05) is 6.92 Å². The lowest BCUT2D eigenvalue weighted by Crippen LogP contribution is -2.45. The van der Waals surface area contributed by atoms with Crippen molar-refractivity contribution in [3.8, 4) is 0 Å². The molecule has 2 aromatic rings. The van der Waals surface area contributed by atoms with E-state index in [4.69, 9.17) is 0 Å². The van der Waals surface area contributed by atoms with Gasteiger partial charge in [-0.3, -0.25) is 0 Å². The maximum atomic E-state index is 9.44. The fourth-order valence-electron chi connectivity index (χ4n) is 1.85. The van der Waals surface area contributed by atoms with Gasteiger partial charge in [0.2, 0.25) is 0 Å². The summed E-state index contributed by atoms with van der Waals surface area (Å²) in [5, 5.41) is 22.0. The normalized spacial score (nSPS) is 12.0. The van der Waals surface area contributed by atoms with Gasteiger partial charge in [-0.15, -0.1) is 0 Å². The number of aliphatic hydroxyl groups excluding tert-OH is 2. The highest BCUT2D eigenvalue weighted by molar-refractivity contribution is 5.86. The molecule has 0 unspecified atom stereocenters. The van der Waals surface area contributed by atoms with Gasteiger partial charge in [0.1, 0.15) is 5.52 Å². The Morgan fingerprint density at radius 2 is 2.06 bits per heavy atom. The average molecular weight is 250 g/mol. The monoisotopic (exact) mass is 250 g/mol. The third kappa shape index (κ3) is 2.04. The van der Waals surface area contributed by atoms with Crippen molar-refractivity contribution in [2.45, 2.75) is 18.9 Å². The molecule has 6 nitrogen and oxygen atoms in total. The lowest BCUT2D eigenvalue weighted by Gasteiger charge is -2.30. The summed E-state index contributed by atoms with van der Waals surface area (Å²) in [6.07, 6.45) is 3.98. The number of hydrogen-bond acceptors (Lipinski definition) is 5. The van der Waals surface area contributed by atoms with Crippen molar-refractivity contribution >= 4 is 16.9 Å². The third-order valence-electron chi connectivity index (χ3n) is 3.31. The Morgan fingerprint density at radius 3 is 2.67 bits per heavy atom. The summed E-state index contributed by atoms with van der Waals surface area (Å²) in [5.74, 6) is 0.582. The molecular formula is C12H18N4O2. The Balaban J connectivity index is 2.42. The van der Waals surface area contributed by atoms with Gasteiger partial charge in [0.05, 0.1) is 30.6 Å². The number of fused-ring (bicyclic) bond motifs is 1. The molecule has 0 spiro atoms. The highest BCUT2D eigenvalue weighted by Gasteiger charge is 2.27. The topological polar surface area (TPSA) is 83.2 Å². The number of aryl methyl sites for hydroxylation is 1. The van der Waals surface area contributed by atoms with E-state index < -0.39 is 5.54 Å². The number of hydrogen-bond donors (Lipinski definition) is 3. The number of rotatable bonds is 5. The van der Waals surface area contributed by atoms with Crippen LogP contribution in [0.3, 0.4) is 0 Å². The summed E-state index contributed by atoms with van der Waals surface area (Å²) in [6, 6.07) is 1.87. The van der Waals surface area contributed by atoms with Gasteiger partial charge in [0.15, 0.2) is 5.82 Å². The summed E-state index contributed by atoms with van der Waals surface area (Å²) in [7, 11) is 1.91. The molecule has 0 bridgehead atoms. The van der Waals surface area contributed by atoms with Crippen LogP contribution < -0.4 is 5.32 Å².